The van der Waals surface area contributed by atoms with Gasteiger partial charge in [-0.15, -0.1) is 5.10 Å². The molecule has 1 N–H and O–H groups in total. The average Bonchev–Trinajstić information content (AvgIpc) is 2.66. The number of rotatable bonds is 3. The zero-order chi connectivity index (χ0) is 11.6. The van der Waals surface area contributed by atoms with Gasteiger partial charge in [-0.2, -0.15) is 0 Å². The maximum Gasteiger partial charge on any atom is 0.358 e. The third-order valence-corrected chi connectivity index (χ3v) is 2.95. The molecule has 6 heteroatoms. The molecule has 0 aliphatic heterocycles. The standard InChI is InChI=1S/C10H14FN3O2/c11-10(4-2-1-3-5-10)7-14-6-8(9(15)16)12-13-14/h6H,1-5,7H2,(H,15,16). The van der Waals surface area contributed by atoms with E-state index in [0.717, 1.165) is 19.3 Å². The number of hydrogen-bond donors (Lipinski definition) is 1. The number of carboxylic acid groups (broad SMARTS) is 1. The first-order chi connectivity index (χ1) is 7.59. The van der Waals surface area contributed by atoms with Gasteiger partial charge in [0.15, 0.2) is 5.69 Å². The molecule has 16 heavy (non-hydrogen) atoms. The SMILES string of the molecule is O=C(O)c1cn(CC2(F)CCCCC2)nn1. The Morgan fingerprint density at radius 2 is 2.19 bits per heavy atom. The lowest BCUT2D eigenvalue weighted by molar-refractivity contribution is 0.0688. The topological polar surface area (TPSA) is 68.0 Å². The molecule has 1 saturated carbocycles. The number of carboxylic acids is 1. The smallest absolute Gasteiger partial charge is 0.358 e. The van der Waals surface area contributed by atoms with E-state index in [1.807, 2.05) is 0 Å². The summed E-state index contributed by atoms with van der Waals surface area (Å²) >= 11 is 0. The van der Waals surface area contributed by atoms with Crippen molar-refractivity contribution in [2.45, 2.75) is 44.3 Å². The molecule has 88 valence electrons. The third kappa shape index (κ3) is 2.37. The van der Waals surface area contributed by atoms with Crippen LogP contribution in [0.2, 0.25) is 0 Å². The van der Waals surface area contributed by atoms with Crippen molar-refractivity contribution in [3.05, 3.63) is 11.9 Å². The average molecular weight is 227 g/mol. The largest absolute Gasteiger partial charge is 0.476 e. The Morgan fingerprint density at radius 1 is 1.50 bits per heavy atom. The summed E-state index contributed by atoms with van der Waals surface area (Å²) in [6.07, 6.45) is 5.17. The molecule has 0 aromatic carbocycles. The molecular weight excluding hydrogens is 213 g/mol. The van der Waals surface area contributed by atoms with Crippen molar-refractivity contribution in [2.75, 3.05) is 0 Å². The number of aromatic nitrogens is 3. The lowest BCUT2D eigenvalue weighted by Crippen LogP contribution is -2.31. The van der Waals surface area contributed by atoms with Crippen LogP contribution in [0.5, 0.6) is 0 Å². The minimum Gasteiger partial charge on any atom is -0.476 e. The lowest BCUT2D eigenvalue weighted by Gasteiger charge is -2.28. The summed E-state index contributed by atoms with van der Waals surface area (Å²) in [7, 11) is 0. The van der Waals surface area contributed by atoms with Gasteiger partial charge in [0, 0.05) is 0 Å². The fourth-order valence-electron chi connectivity index (χ4n) is 2.11. The number of aromatic carboxylic acids is 1. The van der Waals surface area contributed by atoms with E-state index in [-0.39, 0.29) is 12.2 Å². The Hall–Kier alpha value is -1.46. The molecule has 0 saturated heterocycles. The Bertz CT molecular complexity index is 385. The monoisotopic (exact) mass is 227 g/mol. The second-order valence-corrected chi connectivity index (χ2v) is 4.32. The Balaban J connectivity index is 2.04. The van der Waals surface area contributed by atoms with Gasteiger partial charge in [-0.05, 0) is 12.8 Å². The van der Waals surface area contributed by atoms with Crippen LogP contribution in [0.15, 0.2) is 6.20 Å². The van der Waals surface area contributed by atoms with E-state index in [1.165, 1.54) is 10.9 Å². The van der Waals surface area contributed by atoms with Crippen molar-refractivity contribution in [1.29, 1.82) is 0 Å². The minimum absolute atomic E-state index is 0.104. The molecule has 1 aromatic heterocycles. The van der Waals surface area contributed by atoms with Crippen LogP contribution in [0.3, 0.4) is 0 Å². The maximum absolute atomic E-state index is 14.2. The van der Waals surface area contributed by atoms with Crippen molar-refractivity contribution in [2.24, 2.45) is 0 Å². The van der Waals surface area contributed by atoms with Crippen LogP contribution in [-0.4, -0.2) is 31.7 Å². The van der Waals surface area contributed by atoms with E-state index in [0.29, 0.717) is 12.8 Å². The number of halogens is 1. The van der Waals surface area contributed by atoms with Crippen LogP contribution in [0, 0.1) is 0 Å². The molecule has 1 aromatic rings. The molecule has 1 fully saturated rings. The van der Waals surface area contributed by atoms with Gasteiger partial charge in [-0.25, -0.2) is 13.9 Å². The van der Waals surface area contributed by atoms with Crippen molar-refractivity contribution >= 4 is 5.97 Å². The van der Waals surface area contributed by atoms with Crippen LogP contribution in [0.1, 0.15) is 42.6 Å². The summed E-state index contributed by atoms with van der Waals surface area (Å²) in [6, 6.07) is 0. The van der Waals surface area contributed by atoms with Crippen LogP contribution in [-0.2, 0) is 6.54 Å². The Morgan fingerprint density at radius 3 is 2.75 bits per heavy atom. The normalized spacial score (nSPS) is 19.6. The van der Waals surface area contributed by atoms with E-state index in [9.17, 15) is 9.18 Å². The van der Waals surface area contributed by atoms with Crippen molar-refractivity contribution < 1.29 is 14.3 Å². The van der Waals surface area contributed by atoms with E-state index in [4.69, 9.17) is 5.11 Å². The number of hydrogen-bond acceptors (Lipinski definition) is 3. The first-order valence-corrected chi connectivity index (χ1v) is 5.41. The summed E-state index contributed by atoms with van der Waals surface area (Å²) in [4.78, 5) is 10.6. The van der Waals surface area contributed by atoms with Crippen LogP contribution < -0.4 is 0 Å². The fraction of sp³-hybridized carbons (Fsp3) is 0.700. The molecule has 1 aliphatic rings. The molecule has 2 rings (SSSR count). The van der Waals surface area contributed by atoms with Crippen LogP contribution >= 0.6 is 0 Å². The lowest BCUT2D eigenvalue weighted by atomic mass is 9.86. The number of alkyl halides is 1. The van der Waals surface area contributed by atoms with Gasteiger partial charge in [0.05, 0.1) is 12.7 Å². The van der Waals surface area contributed by atoms with Crippen LogP contribution in [0.25, 0.3) is 0 Å². The predicted octanol–water partition coefficient (Wildman–Crippen LogP) is 1.65. The minimum atomic E-state index is -1.25. The van der Waals surface area contributed by atoms with Crippen LogP contribution in [0.4, 0.5) is 4.39 Å². The van der Waals surface area contributed by atoms with Gasteiger partial charge in [-0.3, -0.25) is 0 Å². The van der Waals surface area contributed by atoms with Gasteiger partial charge < -0.3 is 5.11 Å². The third-order valence-electron chi connectivity index (χ3n) is 2.95. The molecule has 0 bridgehead atoms. The first-order valence-electron chi connectivity index (χ1n) is 5.41. The molecule has 0 atom stereocenters. The van der Waals surface area contributed by atoms with Gasteiger partial charge in [0.25, 0.3) is 0 Å². The predicted molar refractivity (Wildman–Crippen MR) is 53.9 cm³/mol. The molecule has 0 amide bonds. The highest BCUT2D eigenvalue weighted by Crippen LogP contribution is 2.32. The fourth-order valence-corrected chi connectivity index (χ4v) is 2.11. The molecule has 0 unspecified atom stereocenters. The first kappa shape index (κ1) is 11.0. The summed E-state index contributed by atoms with van der Waals surface area (Å²) < 4.78 is 15.5. The molecule has 5 nitrogen and oxygen atoms in total. The van der Waals surface area contributed by atoms with E-state index < -0.39 is 11.6 Å². The summed E-state index contributed by atoms with van der Waals surface area (Å²) in [6.45, 7) is 0.104. The van der Waals surface area contributed by atoms with Crippen molar-refractivity contribution in [3.63, 3.8) is 0 Å². The molecule has 1 heterocycles. The van der Waals surface area contributed by atoms with Crippen molar-refractivity contribution in [3.8, 4) is 0 Å². The van der Waals surface area contributed by atoms with E-state index >= 15 is 0 Å². The summed E-state index contributed by atoms with van der Waals surface area (Å²) in [5, 5.41) is 15.7. The quantitative estimate of drug-likeness (QED) is 0.852. The Labute approximate surface area is 92.3 Å². The van der Waals surface area contributed by atoms with Gasteiger partial charge >= 0.3 is 5.97 Å². The zero-order valence-electron chi connectivity index (χ0n) is 8.90. The highest BCUT2D eigenvalue weighted by Gasteiger charge is 2.32. The molecular formula is C10H14FN3O2. The highest BCUT2D eigenvalue weighted by atomic mass is 19.1. The molecule has 0 spiro atoms. The van der Waals surface area contributed by atoms with Gasteiger partial charge in [0.1, 0.15) is 5.67 Å². The molecule has 1 aliphatic carbocycles. The van der Waals surface area contributed by atoms with Gasteiger partial charge in [0.2, 0.25) is 0 Å². The second kappa shape index (κ2) is 4.19. The van der Waals surface area contributed by atoms with E-state index in [1.54, 1.807) is 0 Å². The second-order valence-electron chi connectivity index (χ2n) is 4.32. The van der Waals surface area contributed by atoms with E-state index in [2.05, 4.69) is 10.3 Å². The zero-order valence-corrected chi connectivity index (χ0v) is 8.90. The Kier molecular flexibility index (Phi) is 2.89. The highest BCUT2D eigenvalue weighted by molar-refractivity contribution is 5.84. The number of nitrogens with zero attached hydrogens (tertiary/aromatic N) is 3. The summed E-state index contributed by atoms with van der Waals surface area (Å²) in [5.74, 6) is -1.14. The summed E-state index contributed by atoms with van der Waals surface area (Å²) in [5.41, 5.74) is -1.39. The maximum atomic E-state index is 14.2. The van der Waals surface area contributed by atoms with Crippen molar-refractivity contribution in [1.82, 2.24) is 15.0 Å². The number of carbonyl (C=O) groups is 1. The molecule has 0 radical (unpaired) electrons. The van der Waals surface area contributed by atoms with Gasteiger partial charge in [-0.1, -0.05) is 24.5 Å².